The first-order valence-corrected chi connectivity index (χ1v) is 8.30. The third-order valence-corrected chi connectivity index (χ3v) is 5.33. The first-order valence-electron chi connectivity index (χ1n) is 6.47. The third kappa shape index (κ3) is 4.66. The molecule has 0 bridgehead atoms. The van der Waals surface area contributed by atoms with Crippen LogP contribution in [0.15, 0.2) is 0 Å². The van der Waals surface area contributed by atoms with E-state index in [2.05, 4.69) is 9.80 Å². The van der Waals surface area contributed by atoms with E-state index >= 15 is 0 Å². The lowest BCUT2D eigenvalue weighted by atomic mass is 10.0. The van der Waals surface area contributed by atoms with Crippen LogP contribution in [0.4, 0.5) is 0 Å². The fourth-order valence-corrected chi connectivity index (χ4v) is 3.01. The first kappa shape index (κ1) is 15.6. The monoisotopic (exact) mass is 276 g/mol. The third-order valence-electron chi connectivity index (χ3n) is 3.54. The van der Waals surface area contributed by atoms with Gasteiger partial charge in [0.15, 0.2) is 5.78 Å². The highest BCUT2D eigenvalue weighted by molar-refractivity contribution is 7.91. The van der Waals surface area contributed by atoms with Crippen molar-refractivity contribution in [3.05, 3.63) is 0 Å². The highest BCUT2D eigenvalue weighted by atomic mass is 32.2. The number of rotatable bonds is 6. The Kier molecular flexibility index (Phi) is 5.75. The molecule has 0 aliphatic carbocycles. The van der Waals surface area contributed by atoms with Crippen molar-refractivity contribution >= 4 is 15.6 Å². The normalized spacial score (nSPS) is 23.2. The predicted molar refractivity (Wildman–Crippen MR) is 72.5 cm³/mol. The Bertz CT molecular complexity index is 381. The molecule has 0 spiro atoms. The molecule has 1 atom stereocenters. The van der Waals surface area contributed by atoms with Crippen molar-refractivity contribution in [1.29, 1.82) is 0 Å². The van der Waals surface area contributed by atoms with Gasteiger partial charge >= 0.3 is 0 Å². The molecule has 106 valence electrons. The number of nitrogens with zero attached hydrogens (tertiary/aromatic N) is 2. The van der Waals surface area contributed by atoms with Crippen LogP contribution < -0.4 is 0 Å². The van der Waals surface area contributed by atoms with Crippen LogP contribution in [0, 0.1) is 0 Å². The highest BCUT2D eigenvalue weighted by Gasteiger charge is 2.27. The maximum Gasteiger partial charge on any atom is 0.151 e. The Morgan fingerprint density at radius 3 is 2.56 bits per heavy atom. The molecular formula is C12H24N2O3S. The first-order chi connectivity index (χ1) is 8.35. The van der Waals surface area contributed by atoms with Crippen LogP contribution >= 0.6 is 0 Å². The molecular weight excluding hydrogens is 252 g/mol. The van der Waals surface area contributed by atoms with Gasteiger partial charge in [0, 0.05) is 31.8 Å². The van der Waals surface area contributed by atoms with Crippen molar-refractivity contribution in [2.24, 2.45) is 0 Å². The van der Waals surface area contributed by atoms with Gasteiger partial charge < -0.3 is 4.90 Å². The summed E-state index contributed by atoms with van der Waals surface area (Å²) in [6.45, 7) is 4.25. The van der Waals surface area contributed by atoms with Crippen molar-refractivity contribution < 1.29 is 13.2 Å². The minimum Gasteiger partial charge on any atom is -0.303 e. The van der Waals surface area contributed by atoms with E-state index in [-0.39, 0.29) is 23.3 Å². The lowest BCUT2D eigenvalue weighted by Crippen LogP contribution is -2.53. The molecule has 1 heterocycles. The smallest absolute Gasteiger partial charge is 0.151 e. The Morgan fingerprint density at radius 1 is 1.28 bits per heavy atom. The maximum atomic E-state index is 12.1. The van der Waals surface area contributed by atoms with Crippen molar-refractivity contribution in [3.63, 3.8) is 0 Å². The summed E-state index contributed by atoms with van der Waals surface area (Å²) >= 11 is 0. The summed E-state index contributed by atoms with van der Waals surface area (Å²) < 4.78 is 22.7. The molecule has 0 saturated carbocycles. The predicted octanol–water partition coefficient (Wildman–Crippen LogP) is 0.0162. The van der Waals surface area contributed by atoms with E-state index in [9.17, 15) is 13.2 Å². The lowest BCUT2D eigenvalue weighted by molar-refractivity contribution is -0.125. The largest absolute Gasteiger partial charge is 0.303 e. The van der Waals surface area contributed by atoms with Gasteiger partial charge in [0.25, 0.3) is 0 Å². The minimum absolute atomic E-state index is 0.0759. The molecule has 0 N–H and O–H groups in total. The highest BCUT2D eigenvalue weighted by Crippen LogP contribution is 2.10. The number of hydrogen-bond acceptors (Lipinski definition) is 5. The molecule has 0 amide bonds. The molecule has 0 aromatic carbocycles. The second kappa shape index (κ2) is 6.63. The fraction of sp³-hybridized carbons (Fsp3) is 0.917. The summed E-state index contributed by atoms with van der Waals surface area (Å²) in [6.07, 6.45) is 0.811. The summed E-state index contributed by atoms with van der Waals surface area (Å²) in [6, 6.07) is -0.0759. The number of ketones is 1. The Labute approximate surface area is 110 Å². The second-order valence-electron chi connectivity index (χ2n) is 5.06. The molecule has 6 heteroatoms. The summed E-state index contributed by atoms with van der Waals surface area (Å²) in [4.78, 5) is 16.3. The quantitative estimate of drug-likeness (QED) is 0.684. The Hall–Kier alpha value is -0.460. The van der Waals surface area contributed by atoms with E-state index in [0.29, 0.717) is 12.8 Å². The SMILES string of the molecule is CCS(=O)(=O)CCCC(=O)C1CN(C)CCN1C. The van der Waals surface area contributed by atoms with Crippen LogP contribution in [-0.4, -0.2) is 75.3 Å². The average Bonchev–Trinajstić information content (AvgIpc) is 2.32. The van der Waals surface area contributed by atoms with Crippen LogP contribution in [0.5, 0.6) is 0 Å². The number of piperazine rings is 1. The Morgan fingerprint density at radius 2 is 1.94 bits per heavy atom. The number of carbonyl (C=O) groups excluding carboxylic acids is 1. The van der Waals surface area contributed by atoms with E-state index in [4.69, 9.17) is 0 Å². The number of carbonyl (C=O) groups is 1. The van der Waals surface area contributed by atoms with Crippen LogP contribution in [0.2, 0.25) is 0 Å². The van der Waals surface area contributed by atoms with Crippen LogP contribution in [0.3, 0.4) is 0 Å². The van der Waals surface area contributed by atoms with Crippen molar-refractivity contribution in [2.75, 3.05) is 45.2 Å². The van der Waals surface area contributed by atoms with Crippen LogP contribution in [0.25, 0.3) is 0 Å². The van der Waals surface area contributed by atoms with Gasteiger partial charge in [-0.05, 0) is 20.5 Å². The van der Waals surface area contributed by atoms with Gasteiger partial charge in [-0.2, -0.15) is 0 Å². The van der Waals surface area contributed by atoms with E-state index in [1.54, 1.807) is 6.92 Å². The van der Waals surface area contributed by atoms with Crippen LogP contribution in [0.1, 0.15) is 19.8 Å². The Balaban J connectivity index is 2.40. The summed E-state index contributed by atoms with van der Waals surface area (Å²) in [5.74, 6) is 0.449. The average molecular weight is 276 g/mol. The van der Waals surface area contributed by atoms with Gasteiger partial charge in [0.2, 0.25) is 0 Å². The van der Waals surface area contributed by atoms with E-state index < -0.39 is 9.84 Å². The van der Waals surface area contributed by atoms with Crippen molar-refractivity contribution in [3.8, 4) is 0 Å². The zero-order chi connectivity index (χ0) is 13.8. The summed E-state index contributed by atoms with van der Waals surface area (Å²) in [5.41, 5.74) is 0. The molecule has 1 aliphatic heterocycles. The van der Waals surface area contributed by atoms with E-state index in [0.717, 1.165) is 19.6 Å². The molecule has 0 radical (unpaired) electrons. The minimum atomic E-state index is -2.95. The van der Waals surface area contributed by atoms with Crippen molar-refractivity contribution in [1.82, 2.24) is 9.80 Å². The number of hydrogen-bond donors (Lipinski definition) is 0. The van der Waals surface area contributed by atoms with E-state index in [1.165, 1.54) is 0 Å². The fourth-order valence-electron chi connectivity index (χ4n) is 2.14. The van der Waals surface area contributed by atoms with Gasteiger partial charge in [0.05, 0.1) is 11.8 Å². The maximum absolute atomic E-state index is 12.1. The van der Waals surface area contributed by atoms with E-state index in [1.807, 2.05) is 14.1 Å². The molecule has 5 nitrogen and oxygen atoms in total. The second-order valence-corrected chi connectivity index (χ2v) is 7.54. The zero-order valence-corrected chi connectivity index (χ0v) is 12.4. The van der Waals surface area contributed by atoms with Crippen LogP contribution in [-0.2, 0) is 14.6 Å². The molecule has 1 aliphatic rings. The molecule has 0 aromatic rings. The van der Waals surface area contributed by atoms with Gasteiger partial charge in [-0.15, -0.1) is 0 Å². The number of likely N-dealkylation sites (N-methyl/N-ethyl adjacent to an activating group) is 2. The van der Waals surface area contributed by atoms with Gasteiger partial charge in [0.1, 0.15) is 9.84 Å². The summed E-state index contributed by atoms with van der Waals surface area (Å²) in [7, 11) is 1.02. The topological polar surface area (TPSA) is 57.7 Å². The molecule has 0 aromatic heterocycles. The van der Waals surface area contributed by atoms with Gasteiger partial charge in [-0.25, -0.2) is 8.42 Å². The zero-order valence-electron chi connectivity index (χ0n) is 11.6. The molecule has 1 unspecified atom stereocenters. The summed E-state index contributed by atoms with van der Waals surface area (Å²) in [5, 5.41) is 0. The van der Waals surface area contributed by atoms with Crippen molar-refractivity contribution in [2.45, 2.75) is 25.8 Å². The molecule has 1 saturated heterocycles. The van der Waals surface area contributed by atoms with Gasteiger partial charge in [-0.3, -0.25) is 9.69 Å². The number of sulfone groups is 1. The molecule has 1 fully saturated rings. The lowest BCUT2D eigenvalue weighted by Gasteiger charge is -2.36. The standard InChI is InChI=1S/C12H24N2O3S/c1-4-18(16,17)9-5-6-12(15)11-10-13(2)7-8-14(11)3/h11H,4-10H2,1-3H3. The molecule has 1 rings (SSSR count). The van der Waals surface area contributed by atoms with Gasteiger partial charge in [-0.1, -0.05) is 6.92 Å². The number of Topliss-reactive ketones (excluding diaryl/α,β-unsaturated/α-hetero) is 1. The molecule has 18 heavy (non-hydrogen) atoms.